The number of aromatic nitrogens is 2. The Morgan fingerprint density at radius 2 is 2.26 bits per heavy atom. The van der Waals surface area contributed by atoms with Crippen molar-refractivity contribution in [3.8, 4) is 0 Å². The summed E-state index contributed by atoms with van der Waals surface area (Å²) in [6, 6.07) is 6.05. The highest BCUT2D eigenvalue weighted by atomic mass is 32.1. The second-order valence-corrected chi connectivity index (χ2v) is 5.84. The number of nitro benzene ring substituents is 1. The van der Waals surface area contributed by atoms with Gasteiger partial charge in [-0.3, -0.25) is 20.2 Å². The first-order valence-electron chi connectivity index (χ1n) is 7.14. The number of carbonyl (C=O) groups is 1. The van der Waals surface area contributed by atoms with E-state index >= 15 is 0 Å². The fraction of sp³-hybridized carbons (Fsp3) is 0.267. The number of aryl methyl sites for hydroxylation is 1. The van der Waals surface area contributed by atoms with Crippen LogP contribution in [0.2, 0.25) is 0 Å². The van der Waals surface area contributed by atoms with Gasteiger partial charge in [-0.1, -0.05) is 36.8 Å². The topological polar surface area (TPSA) is 98.0 Å². The van der Waals surface area contributed by atoms with Crippen molar-refractivity contribution < 1.29 is 9.72 Å². The molecular formula is C15H16N4O3S. The van der Waals surface area contributed by atoms with E-state index in [0.717, 1.165) is 24.3 Å². The average Bonchev–Trinajstić information content (AvgIpc) is 2.98. The summed E-state index contributed by atoms with van der Waals surface area (Å²) >= 11 is 1.35. The number of nitrogens with one attached hydrogen (secondary N) is 1. The van der Waals surface area contributed by atoms with Crippen molar-refractivity contribution in [2.45, 2.75) is 26.2 Å². The van der Waals surface area contributed by atoms with Gasteiger partial charge in [0.2, 0.25) is 11.0 Å². The molecule has 0 unspecified atom stereocenters. The number of non-ortho nitro benzene ring substituents is 1. The van der Waals surface area contributed by atoms with Crippen molar-refractivity contribution in [1.29, 1.82) is 0 Å². The molecule has 0 aliphatic carbocycles. The molecule has 0 bridgehead atoms. The second-order valence-electron chi connectivity index (χ2n) is 4.78. The number of hydrogen-bond donors (Lipinski definition) is 1. The van der Waals surface area contributed by atoms with Crippen LogP contribution in [0.3, 0.4) is 0 Å². The monoisotopic (exact) mass is 332 g/mol. The van der Waals surface area contributed by atoms with Crippen LogP contribution in [-0.4, -0.2) is 21.0 Å². The molecule has 0 spiro atoms. The first-order valence-corrected chi connectivity index (χ1v) is 7.96. The van der Waals surface area contributed by atoms with Gasteiger partial charge in [-0.05, 0) is 18.1 Å². The van der Waals surface area contributed by atoms with Crippen molar-refractivity contribution in [3.05, 3.63) is 51.0 Å². The van der Waals surface area contributed by atoms with Crippen LogP contribution in [0.1, 0.15) is 30.3 Å². The summed E-state index contributed by atoms with van der Waals surface area (Å²) in [6.45, 7) is 2.10. The summed E-state index contributed by atoms with van der Waals surface area (Å²) in [5.74, 6) is -0.352. The quantitative estimate of drug-likeness (QED) is 0.476. The molecular weight excluding hydrogens is 316 g/mol. The minimum atomic E-state index is -0.476. The minimum absolute atomic E-state index is 0.0164. The van der Waals surface area contributed by atoms with E-state index in [4.69, 9.17) is 0 Å². The summed E-state index contributed by atoms with van der Waals surface area (Å²) in [4.78, 5) is 22.1. The molecule has 1 N–H and O–H groups in total. The largest absolute Gasteiger partial charge is 0.297 e. The first-order chi connectivity index (χ1) is 11.1. The van der Waals surface area contributed by atoms with E-state index in [2.05, 4.69) is 22.4 Å². The normalized spacial score (nSPS) is 10.8. The molecule has 2 aromatic rings. The molecule has 120 valence electrons. The number of rotatable bonds is 7. The maximum Gasteiger partial charge on any atom is 0.270 e. The van der Waals surface area contributed by atoms with Crippen LogP contribution in [0.5, 0.6) is 0 Å². The Bertz CT molecular complexity index is 727. The second kappa shape index (κ2) is 8.14. The smallest absolute Gasteiger partial charge is 0.270 e. The van der Waals surface area contributed by atoms with Crippen molar-refractivity contribution in [2.75, 3.05) is 5.32 Å². The molecule has 7 nitrogen and oxygen atoms in total. The summed E-state index contributed by atoms with van der Waals surface area (Å²) in [7, 11) is 0. The van der Waals surface area contributed by atoms with E-state index in [1.54, 1.807) is 12.1 Å². The molecule has 0 aliphatic rings. The van der Waals surface area contributed by atoms with Gasteiger partial charge in [-0.2, -0.15) is 0 Å². The van der Waals surface area contributed by atoms with E-state index in [-0.39, 0.29) is 11.6 Å². The number of hydrogen-bond acceptors (Lipinski definition) is 6. The van der Waals surface area contributed by atoms with Gasteiger partial charge < -0.3 is 0 Å². The number of unbranched alkanes of at least 4 members (excludes halogenated alkanes) is 1. The third-order valence-electron chi connectivity index (χ3n) is 2.95. The number of nitro groups is 1. The number of anilines is 1. The molecule has 0 fully saturated rings. The molecule has 1 aromatic carbocycles. The van der Waals surface area contributed by atoms with E-state index in [1.807, 2.05) is 0 Å². The van der Waals surface area contributed by atoms with Gasteiger partial charge in [0.25, 0.3) is 5.69 Å². The fourth-order valence-electron chi connectivity index (χ4n) is 1.79. The van der Waals surface area contributed by atoms with E-state index in [1.165, 1.54) is 35.6 Å². The van der Waals surface area contributed by atoms with Crippen LogP contribution >= 0.6 is 11.3 Å². The third-order valence-corrected chi connectivity index (χ3v) is 3.85. The Morgan fingerprint density at radius 3 is 3.00 bits per heavy atom. The van der Waals surface area contributed by atoms with Gasteiger partial charge >= 0.3 is 0 Å². The molecule has 0 saturated heterocycles. The van der Waals surface area contributed by atoms with Crippen LogP contribution in [0.25, 0.3) is 6.08 Å². The van der Waals surface area contributed by atoms with Gasteiger partial charge in [0.1, 0.15) is 5.01 Å². The van der Waals surface area contributed by atoms with Crippen LogP contribution in [0.15, 0.2) is 30.3 Å². The predicted octanol–water partition coefficient (Wildman–Crippen LogP) is 3.44. The number of benzene rings is 1. The Morgan fingerprint density at radius 1 is 1.43 bits per heavy atom. The Labute approximate surface area is 137 Å². The summed E-state index contributed by atoms with van der Waals surface area (Å²) in [5, 5.41) is 22.6. The van der Waals surface area contributed by atoms with Crippen LogP contribution in [-0.2, 0) is 11.2 Å². The molecule has 0 atom stereocenters. The van der Waals surface area contributed by atoms with Crippen molar-refractivity contribution in [2.24, 2.45) is 0 Å². The van der Waals surface area contributed by atoms with Crippen molar-refractivity contribution >= 4 is 34.1 Å². The lowest BCUT2D eigenvalue weighted by Crippen LogP contribution is -2.07. The summed E-state index contributed by atoms with van der Waals surface area (Å²) in [5.41, 5.74) is 0.562. The number of carbonyl (C=O) groups excluding carboxylic acids is 1. The zero-order chi connectivity index (χ0) is 16.7. The summed E-state index contributed by atoms with van der Waals surface area (Å²) < 4.78 is 0. The summed E-state index contributed by atoms with van der Waals surface area (Å²) in [6.07, 6.45) is 5.80. The molecule has 8 heteroatoms. The average molecular weight is 332 g/mol. The number of amides is 1. The van der Waals surface area contributed by atoms with E-state index < -0.39 is 4.92 Å². The van der Waals surface area contributed by atoms with Gasteiger partial charge in [0, 0.05) is 24.6 Å². The van der Waals surface area contributed by atoms with Crippen LogP contribution < -0.4 is 5.32 Å². The molecule has 23 heavy (non-hydrogen) atoms. The third kappa shape index (κ3) is 5.26. The molecule has 1 heterocycles. The van der Waals surface area contributed by atoms with E-state index in [9.17, 15) is 14.9 Å². The highest BCUT2D eigenvalue weighted by Crippen LogP contribution is 2.17. The Hall–Kier alpha value is -2.61. The lowest BCUT2D eigenvalue weighted by molar-refractivity contribution is -0.384. The zero-order valence-electron chi connectivity index (χ0n) is 12.6. The number of nitrogens with zero attached hydrogens (tertiary/aromatic N) is 3. The van der Waals surface area contributed by atoms with Crippen LogP contribution in [0.4, 0.5) is 10.8 Å². The lowest BCUT2D eigenvalue weighted by atomic mass is 10.2. The Balaban J connectivity index is 1.95. The van der Waals surface area contributed by atoms with Gasteiger partial charge in [-0.25, -0.2) is 0 Å². The zero-order valence-corrected chi connectivity index (χ0v) is 13.4. The highest BCUT2D eigenvalue weighted by Gasteiger charge is 2.07. The fourth-order valence-corrected chi connectivity index (χ4v) is 2.58. The van der Waals surface area contributed by atoms with Gasteiger partial charge in [-0.15, -0.1) is 10.2 Å². The molecule has 0 saturated carbocycles. The van der Waals surface area contributed by atoms with Gasteiger partial charge in [0.05, 0.1) is 4.92 Å². The van der Waals surface area contributed by atoms with Crippen molar-refractivity contribution in [3.63, 3.8) is 0 Å². The molecule has 1 amide bonds. The standard InChI is InChI=1S/C15H16N4O3S/c1-2-3-7-14-17-18-15(23-14)16-13(20)9-8-11-5-4-6-12(10-11)19(21)22/h4-6,8-10H,2-3,7H2,1H3,(H,16,18,20)/b9-8+. The SMILES string of the molecule is CCCCc1nnc(NC(=O)/C=C/c2cccc([N+](=O)[O-])c2)s1. The molecule has 0 radical (unpaired) electrons. The maximum atomic E-state index is 11.8. The molecule has 2 rings (SSSR count). The van der Waals surface area contributed by atoms with E-state index in [0.29, 0.717) is 10.7 Å². The first kappa shape index (κ1) is 16.8. The predicted molar refractivity (Wildman–Crippen MR) is 89.3 cm³/mol. The minimum Gasteiger partial charge on any atom is -0.297 e. The Kier molecular flexibility index (Phi) is 5.93. The van der Waals surface area contributed by atoms with Crippen LogP contribution in [0, 0.1) is 10.1 Å². The van der Waals surface area contributed by atoms with Gasteiger partial charge in [0.15, 0.2) is 0 Å². The molecule has 0 aliphatic heterocycles. The highest BCUT2D eigenvalue weighted by molar-refractivity contribution is 7.15. The van der Waals surface area contributed by atoms with Crippen molar-refractivity contribution in [1.82, 2.24) is 10.2 Å². The lowest BCUT2D eigenvalue weighted by Gasteiger charge is -1.96. The molecule has 1 aromatic heterocycles. The maximum absolute atomic E-state index is 11.8.